The van der Waals surface area contributed by atoms with Gasteiger partial charge in [-0.15, -0.1) is 0 Å². The molecule has 28 heavy (non-hydrogen) atoms. The maximum absolute atomic E-state index is 12.8. The zero-order valence-corrected chi connectivity index (χ0v) is 17.4. The molecule has 1 saturated heterocycles. The van der Waals surface area contributed by atoms with E-state index >= 15 is 0 Å². The van der Waals surface area contributed by atoms with Gasteiger partial charge in [-0.25, -0.2) is 0 Å². The molecular formula is C23H31N3O2. The van der Waals surface area contributed by atoms with Crippen LogP contribution in [-0.4, -0.2) is 57.2 Å². The molecular weight excluding hydrogens is 350 g/mol. The summed E-state index contributed by atoms with van der Waals surface area (Å²) in [7, 11) is 1.62. The van der Waals surface area contributed by atoms with Crippen LogP contribution in [0.5, 0.6) is 5.75 Å². The highest BCUT2D eigenvalue weighted by atomic mass is 16.5. The molecule has 0 atom stereocenters. The molecule has 150 valence electrons. The van der Waals surface area contributed by atoms with E-state index in [0.29, 0.717) is 11.3 Å². The fourth-order valence-electron chi connectivity index (χ4n) is 3.87. The van der Waals surface area contributed by atoms with Crippen LogP contribution in [0.15, 0.2) is 42.5 Å². The van der Waals surface area contributed by atoms with E-state index in [9.17, 15) is 4.79 Å². The molecule has 1 aliphatic rings. The Labute approximate surface area is 168 Å². The van der Waals surface area contributed by atoms with Crippen molar-refractivity contribution < 1.29 is 9.53 Å². The number of nitrogens with zero attached hydrogens (tertiary/aromatic N) is 3. The summed E-state index contributed by atoms with van der Waals surface area (Å²) < 4.78 is 5.24. The maximum Gasteiger partial charge on any atom is 0.254 e. The quantitative estimate of drug-likeness (QED) is 0.762. The van der Waals surface area contributed by atoms with Gasteiger partial charge in [0.25, 0.3) is 5.91 Å². The summed E-state index contributed by atoms with van der Waals surface area (Å²) in [4.78, 5) is 19.5. The van der Waals surface area contributed by atoms with Crippen molar-refractivity contribution in [1.29, 1.82) is 0 Å². The lowest BCUT2D eigenvalue weighted by atomic mass is 10.1. The fraction of sp³-hybridized carbons (Fsp3) is 0.435. The minimum Gasteiger partial charge on any atom is -0.497 e. The Bertz CT molecular complexity index is 809. The molecule has 0 aromatic heterocycles. The Hall–Kier alpha value is -2.69. The lowest BCUT2D eigenvalue weighted by Crippen LogP contribution is -2.49. The minimum absolute atomic E-state index is 0.0761. The topological polar surface area (TPSA) is 36.0 Å². The van der Waals surface area contributed by atoms with E-state index in [1.165, 1.54) is 16.9 Å². The summed E-state index contributed by atoms with van der Waals surface area (Å²) in [5.74, 6) is 0.792. The Morgan fingerprint density at radius 3 is 2.36 bits per heavy atom. The van der Waals surface area contributed by atoms with E-state index in [2.05, 4.69) is 48.8 Å². The molecule has 0 saturated carbocycles. The number of carbonyl (C=O) groups is 1. The molecule has 5 nitrogen and oxygen atoms in total. The highest BCUT2D eigenvalue weighted by Gasteiger charge is 2.23. The molecule has 1 heterocycles. The molecule has 2 aromatic rings. The average molecular weight is 382 g/mol. The number of methoxy groups -OCH3 is 1. The summed E-state index contributed by atoms with van der Waals surface area (Å²) in [6, 6.07) is 14.1. The third-order valence-electron chi connectivity index (χ3n) is 5.53. The van der Waals surface area contributed by atoms with Crippen molar-refractivity contribution in [2.45, 2.75) is 20.8 Å². The Kier molecular flexibility index (Phi) is 6.45. The molecule has 0 N–H and O–H groups in total. The number of ether oxygens (including phenoxy) is 1. The SMILES string of the molecule is CCN(CC)c1ccc(N2CCN(C(=O)c3cccc(OC)c3)CC2)c(C)c1. The first kappa shape index (κ1) is 20.1. The van der Waals surface area contributed by atoms with Crippen molar-refractivity contribution in [2.75, 3.05) is 56.2 Å². The zero-order chi connectivity index (χ0) is 20.1. The number of hydrogen-bond donors (Lipinski definition) is 0. The summed E-state index contributed by atoms with van der Waals surface area (Å²) in [6.07, 6.45) is 0. The molecule has 5 heteroatoms. The first-order valence-corrected chi connectivity index (χ1v) is 10.1. The van der Waals surface area contributed by atoms with Crippen LogP contribution in [0.4, 0.5) is 11.4 Å². The molecule has 2 aromatic carbocycles. The van der Waals surface area contributed by atoms with Crippen LogP contribution < -0.4 is 14.5 Å². The minimum atomic E-state index is 0.0761. The summed E-state index contributed by atoms with van der Waals surface area (Å²) in [5.41, 5.74) is 4.52. The number of aryl methyl sites for hydroxylation is 1. The van der Waals surface area contributed by atoms with Crippen molar-refractivity contribution in [3.05, 3.63) is 53.6 Å². The highest BCUT2D eigenvalue weighted by Crippen LogP contribution is 2.27. The van der Waals surface area contributed by atoms with Crippen molar-refractivity contribution >= 4 is 17.3 Å². The number of anilines is 2. The molecule has 0 bridgehead atoms. The summed E-state index contributed by atoms with van der Waals surface area (Å²) >= 11 is 0. The number of hydrogen-bond acceptors (Lipinski definition) is 4. The normalized spacial score (nSPS) is 14.1. The van der Waals surface area contributed by atoms with Crippen LogP contribution >= 0.6 is 0 Å². The van der Waals surface area contributed by atoms with Gasteiger partial charge in [0.1, 0.15) is 5.75 Å². The molecule has 1 amide bonds. The van der Waals surface area contributed by atoms with Crippen LogP contribution in [0, 0.1) is 6.92 Å². The van der Waals surface area contributed by atoms with Gasteiger partial charge in [0.05, 0.1) is 7.11 Å². The summed E-state index contributed by atoms with van der Waals surface area (Å²) in [5, 5.41) is 0. The fourth-order valence-corrected chi connectivity index (χ4v) is 3.87. The molecule has 1 aliphatic heterocycles. The van der Waals surface area contributed by atoms with Crippen LogP contribution in [0.25, 0.3) is 0 Å². The monoisotopic (exact) mass is 381 g/mol. The lowest BCUT2D eigenvalue weighted by Gasteiger charge is -2.37. The van der Waals surface area contributed by atoms with E-state index in [1.54, 1.807) is 7.11 Å². The molecule has 0 unspecified atom stereocenters. The van der Waals surface area contributed by atoms with Crippen molar-refractivity contribution in [3.63, 3.8) is 0 Å². The van der Waals surface area contributed by atoms with Gasteiger partial charge in [0.2, 0.25) is 0 Å². The van der Waals surface area contributed by atoms with Crippen molar-refractivity contribution in [1.82, 2.24) is 4.90 Å². The lowest BCUT2D eigenvalue weighted by molar-refractivity contribution is 0.0746. The zero-order valence-electron chi connectivity index (χ0n) is 17.4. The highest BCUT2D eigenvalue weighted by molar-refractivity contribution is 5.94. The number of rotatable bonds is 6. The molecule has 3 rings (SSSR count). The van der Waals surface area contributed by atoms with Gasteiger partial charge in [0.15, 0.2) is 0 Å². The van der Waals surface area contributed by atoms with Gasteiger partial charge in [-0.1, -0.05) is 6.07 Å². The standard InChI is InChI=1S/C23H31N3O2/c1-5-24(6-2)20-10-11-22(18(3)16-20)25-12-14-26(15-13-25)23(27)19-8-7-9-21(17-19)28-4/h7-11,16-17H,5-6,12-15H2,1-4H3. The second kappa shape index (κ2) is 9.00. The van der Waals surface area contributed by atoms with E-state index in [-0.39, 0.29) is 5.91 Å². The van der Waals surface area contributed by atoms with Gasteiger partial charge in [0, 0.05) is 56.2 Å². The third kappa shape index (κ3) is 4.24. The molecule has 1 fully saturated rings. The Balaban J connectivity index is 1.66. The first-order valence-electron chi connectivity index (χ1n) is 10.1. The predicted molar refractivity (Wildman–Crippen MR) is 116 cm³/mol. The van der Waals surface area contributed by atoms with Crippen molar-refractivity contribution in [2.24, 2.45) is 0 Å². The van der Waals surface area contributed by atoms with E-state index in [0.717, 1.165) is 39.3 Å². The number of carbonyl (C=O) groups excluding carboxylic acids is 1. The first-order chi connectivity index (χ1) is 13.6. The Morgan fingerprint density at radius 1 is 1.04 bits per heavy atom. The molecule has 0 radical (unpaired) electrons. The second-order valence-electron chi connectivity index (χ2n) is 7.15. The van der Waals surface area contributed by atoms with E-state index in [1.807, 2.05) is 29.2 Å². The number of amides is 1. The van der Waals surface area contributed by atoms with Crippen LogP contribution in [0.3, 0.4) is 0 Å². The molecule has 0 aliphatic carbocycles. The predicted octanol–water partition coefficient (Wildman–Crippen LogP) is 3.81. The second-order valence-corrected chi connectivity index (χ2v) is 7.15. The van der Waals surface area contributed by atoms with Crippen LogP contribution in [-0.2, 0) is 0 Å². The van der Waals surface area contributed by atoms with E-state index in [4.69, 9.17) is 4.74 Å². The van der Waals surface area contributed by atoms with E-state index < -0.39 is 0 Å². The number of benzene rings is 2. The van der Waals surface area contributed by atoms with Crippen LogP contribution in [0.2, 0.25) is 0 Å². The average Bonchev–Trinajstić information content (AvgIpc) is 2.74. The van der Waals surface area contributed by atoms with Crippen molar-refractivity contribution in [3.8, 4) is 5.75 Å². The van der Waals surface area contributed by atoms with Gasteiger partial charge in [-0.05, 0) is 62.7 Å². The maximum atomic E-state index is 12.8. The largest absolute Gasteiger partial charge is 0.497 e. The third-order valence-corrected chi connectivity index (χ3v) is 5.53. The van der Waals surface area contributed by atoms with Gasteiger partial charge < -0.3 is 19.4 Å². The number of piperazine rings is 1. The Morgan fingerprint density at radius 2 is 1.75 bits per heavy atom. The summed E-state index contributed by atoms with van der Waals surface area (Å²) in [6.45, 7) is 11.7. The van der Waals surface area contributed by atoms with Gasteiger partial charge >= 0.3 is 0 Å². The molecule has 0 spiro atoms. The van der Waals surface area contributed by atoms with Gasteiger partial charge in [-0.2, -0.15) is 0 Å². The van der Waals surface area contributed by atoms with Crippen LogP contribution in [0.1, 0.15) is 29.8 Å². The smallest absolute Gasteiger partial charge is 0.254 e. The van der Waals surface area contributed by atoms with Gasteiger partial charge in [-0.3, -0.25) is 4.79 Å².